The second-order valence-corrected chi connectivity index (χ2v) is 16.8. The first-order valence-corrected chi connectivity index (χ1v) is 22.3. The third-order valence-electron chi connectivity index (χ3n) is 12.9. The van der Waals surface area contributed by atoms with Gasteiger partial charge in [-0.05, 0) is 87.1 Å². The smallest absolute Gasteiger partial charge is 0.164 e. The van der Waals surface area contributed by atoms with Gasteiger partial charge in [-0.15, -0.1) is 0 Å². The van der Waals surface area contributed by atoms with E-state index in [1.165, 1.54) is 21.5 Å². The van der Waals surface area contributed by atoms with Crippen molar-refractivity contribution >= 4 is 54.5 Å². The highest BCUT2D eigenvalue weighted by Gasteiger charge is 2.22. The lowest BCUT2D eigenvalue weighted by molar-refractivity contribution is 0.670. The van der Waals surface area contributed by atoms with Gasteiger partial charge in [0.2, 0.25) is 0 Å². The van der Waals surface area contributed by atoms with E-state index in [0.717, 1.165) is 88.7 Å². The van der Waals surface area contributed by atoms with Crippen LogP contribution < -0.4 is 0 Å². The van der Waals surface area contributed by atoms with Gasteiger partial charge < -0.3 is 8.98 Å². The van der Waals surface area contributed by atoms with Gasteiger partial charge in [-0.2, -0.15) is 0 Å². The molecule has 0 spiro atoms. The molecule has 0 saturated carbocycles. The number of furan rings is 1. The van der Waals surface area contributed by atoms with Crippen LogP contribution in [0.1, 0.15) is 0 Å². The predicted octanol–water partition coefficient (Wildman–Crippen LogP) is 16.0. The van der Waals surface area contributed by atoms with Crippen LogP contribution in [0.2, 0.25) is 0 Å². The van der Waals surface area contributed by atoms with Crippen molar-refractivity contribution < 1.29 is 4.42 Å². The molecular weight excluding hydrogens is 805 g/mol. The number of nitrogens with zero attached hydrogens (tertiary/aromatic N) is 4. The van der Waals surface area contributed by atoms with Crippen molar-refractivity contribution in [2.75, 3.05) is 0 Å². The maximum absolute atomic E-state index is 6.78. The molecule has 0 radical (unpaired) electrons. The van der Waals surface area contributed by atoms with Crippen LogP contribution in [0.5, 0.6) is 0 Å². The summed E-state index contributed by atoms with van der Waals surface area (Å²) in [5.74, 6) is 1.74. The van der Waals surface area contributed by atoms with Gasteiger partial charge in [0, 0.05) is 49.5 Å². The number of para-hydroxylation sites is 3. The van der Waals surface area contributed by atoms with E-state index in [0.29, 0.717) is 17.5 Å². The van der Waals surface area contributed by atoms with Crippen molar-refractivity contribution in [3.8, 4) is 73.2 Å². The molecule has 10 aromatic carbocycles. The number of rotatable bonds is 7. The molecule has 5 heteroatoms. The highest BCUT2D eigenvalue weighted by atomic mass is 16.3. The Kier molecular flexibility index (Phi) is 8.78. The molecule has 0 amide bonds. The summed E-state index contributed by atoms with van der Waals surface area (Å²) in [6.07, 6.45) is 0. The predicted molar refractivity (Wildman–Crippen MR) is 272 cm³/mol. The molecule has 0 saturated heterocycles. The highest BCUT2D eigenvalue weighted by Crippen LogP contribution is 2.43. The molecule has 0 fully saturated rings. The highest BCUT2D eigenvalue weighted by molar-refractivity contribution is 6.14. The van der Waals surface area contributed by atoms with Crippen LogP contribution in [0.3, 0.4) is 0 Å². The number of hydrogen-bond acceptors (Lipinski definition) is 4. The molecule has 66 heavy (non-hydrogen) atoms. The summed E-state index contributed by atoms with van der Waals surface area (Å²) in [5.41, 5.74) is 14.0. The Morgan fingerprint density at radius 1 is 0.303 bits per heavy atom. The summed E-state index contributed by atoms with van der Waals surface area (Å²) in [5, 5.41) is 6.93. The minimum atomic E-state index is 0.565. The summed E-state index contributed by atoms with van der Waals surface area (Å²) in [4.78, 5) is 16.0. The summed E-state index contributed by atoms with van der Waals surface area (Å²) < 4.78 is 9.16. The Balaban J connectivity index is 1.07. The lowest BCUT2D eigenvalue weighted by Crippen LogP contribution is -2.02. The van der Waals surface area contributed by atoms with E-state index in [1.807, 2.05) is 24.3 Å². The fraction of sp³-hybridized carbons (Fsp3) is 0. The fourth-order valence-electron chi connectivity index (χ4n) is 9.65. The first-order chi connectivity index (χ1) is 32.7. The molecule has 13 rings (SSSR count). The van der Waals surface area contributed by atoms with Crippen molar-refractivity contribution in [3.05, 3.63) is 231 Å². The molecule has 0 aliphatic carbocycles. The molecule has 5 nitrogen and oxygen atoms in total. The zero-order valence-corrected chi connectivity index (χ0v) is 35.6. The van der Waals surface area contributed by atoms with Gasteiger partial charge in [0.1, 0.15) is 11.2 Å². The molecule has 0 aliphatic heterocycles. The zero-order valence-electron chi connectivity index (χ0n) is 35.6. The quantitative estimate of drug-likeness (QED) is 0.160. The van der Waals surface area contributed by atoms with Crippen LogP contribution in [0.15, 0.2) is 235 Å². The van der Waals surface area contributed by atoms with E-state index in [-0.39, 0.29) is 0 Å². The van der Waals surface area contributed by atoms with E-state index in [4.69, 9.17) is 19.4 Å². The topological polar surface area (TPSA) is 56.7 Å². The van der Waals surface area contributed by atoms with E-state index in [9.17, 15) is 0 Å². The molecule has 13 aromatic rings. The Morgan fingerprint density at radius 3 is 1.68 bits per heavy atom. The second-order valence-electron chi connectivity index (χ2n) is 16.8. The van der Waals surface area contributed by atoms with Crippen molar-refractivity contribution in [3.63, 3.8) is 0 Å². The summed E-state index contributed by atoms with van der Waals surface area (Å²) in [6.45, 7) is 0. The first-order valence-electron chi connectivity index (χ1n) is 22.3. The number of benzene rings is 10. The standard InChI is InChI=1S/C61H38N4O/c1-3-15-39(16-4-1)41-29-31-42(32-30-41)59-62-60(46-22-13-21-43(35-46)40-17-5-2-6-18-40)64-61(63-59)52-34-33-47(38-53(52)51-26-14-25-50-49-24-10-12-28-57(49)66-58(50)51)65-55-27-11-9-23-48(55)54-36-44-19-7-8-20-45(44)37-56(54)65/h1-38H. The molecule has 0 atom stereocenters. The maximum Gasteiger partial charge on any atom is 0.164 e. The zero-order chi connectivity index (χ0) is 43.6. The largest absolute Gasteiger partial charge is 0.455 e. The monoisotopic (exact) mass is 842 g/mol. The van der Waals surface area contributed by atoms with E-state index >= 15 is 0 Å². The van der Waals surface area contributed by atoms with Crippen molar-refractivity contribution in [1.82, 2.24) is 19.5 Å². The van der Waals surface area contributed by atoms with Crippen LogP contribution >= 0.6 is 0 Å². The van der Waals surface area contributed by atoms with Crippen LogP contribution in [-0.4, -0.2) is 19.5 Å². The Morgan fingerprint density at radius 2 is 0.879 bits per heavy atom. The molecule has 3 aromatic heterocycles. The molecule has 0 bridgehead atoms. The van der Waals surface area contributed by atoms with Crippen LogP contribution in [-0.2, 0) is 0 Å². The van der Waals surface area contributed by atoms with Gasteiger partial charge >= 0.3 is 0 Å². The number of fused-ring (bicyclic) bond motifs is 7. The number of hydrogen-bond donors (Lipinski definition) is 0. The van der Waals surface area contributed by atoms with Gasteiger partial charge in [-0.25, -0.2) is 15.0 Å². The minimum Gasteiger partial charge on any atom is -0.455 e. The molecule has 308 valence electrons. The van der Waals surface area contributed by atoms with Gasteiger partial charge in [0.15, 0.2) is 17.5 Å². The second kappa shape index (κ2) is 15.4. The fourth-order valence-corrected chi connectivity index (χ4v) is 9.65. The van der Waals surface area contributed by atoms with Crippen molar-refractivity contribution in [1.29, 1.82) is 0 Å². The number of aromatic nitrogens is 4. The molecule has 3 heterocycles. The Labute approximate surface area is 380 Å². The van der Waals surface area contributed by atoms with Crippen LogP contribution in [0, 0.1) is 0 Å². The Bertz CT molecular complexity index is 3980. The Hall–Kier alpha value is -8.93. The lowest BCUT2D eigenvalue weighted by atomic mass is 9.96. The molecule has 0 N–H and O–H groups in total. The average molecular weight is 843 g/mol. The molecular formula is C61H38N4O. The lowest BCUT2D eigenvalue weighted by Gasteiger charge is -2.16. The van der Waals surface area contributed by atoms with Crippen LogP contribution in [0.4, 0.5) is 0 Å². The molecule has 0 unspecified atom stereocenters. The summed E-state index contributed by atoms with van der Waals surface area (Å²) >= 11 is 0. The van der Waals surface area contributed by atoms with E-state index in [1.54, 1.807) is 0 Å². The SMILES string of the molecule is c1ccc(-c2ccc(-c3nc(-c4cccc(-c5ccccc5)c4)nc(-c4ccc(-n5c6ccccc6c6cc7ccccc7cc65)cc4-c4cccc5c4oc4ccccc45)n3)cc2)cc1. The van der Waals surface area contributed by atoms with Gasteiger partial charge in [0.05, 0.1) is 11.0 Å². The summed E-state index contributed by atoms with van der Waals surface area (Å²) in [7, 11) is 0. The van der Waals surface area contributed by atoms with E-state index in [2.05, 4.69) is 211 Å². The average Bonchev–Trinajstić information content (AvgIpc) is 3.94. The molecule has 0 aliphatic rings. The van der Waals surface area contributed by atoms with Crippen molar-refractivity contribution in [2.24, 2.45) is 0 Å². The van der Waals surface area contributed by atoms with Crippen molar-refractivity contribution in [2.45, 2.75) is 0 Å². The normalized spacial score (nSPS) is 11.6. The van der Waals surface area contributed by atoms with E-state index < -0.39 is 0 Å². The summed E-state index contributed by atoms with van der Waals surface area (Å²) in [6, 6.07) is 81.0. The maximum atomic E-state index is 6.78. The van der Waals surface area contributed by atoms with Gasteiger partial charge in [-0.3, -0.25) is 0 Å². The van der Waals surface area contributed by atoms with Gasteiger partial charge in [0.25, 0.3) is 0 Å². The van der Waals surface area contributed by atoms with Crippen LogP contribution in [0.25, 0.3) is 128 Å². The first kappa shape index (κ1) is 37.6. The van der Waals surface area contributed by atoms with Gasteiger partial charge in [-0.1, -0.05) is 182 Å². The third kappa shape index (κ3) is 6.36. The third-order valence-corrected chi connectivity index (χ3v) is 12.9. The minimum absolute atomic E-state index is 0.565.